The first-order chi connectivity index (χ1) is 15.6. The second kappa shape index (κ2) is 9.55. The Kier molecular flexibility index (Phi) is 6.39. The summed E-state index contributed by atoms with van der Waals surface area (Å²) in [7, 11) is 3.37. The maximum atomic E-state index is 12.8. The van der Waals surface area contributed by atoms with Gasteiger partial charge in [0, 0.05) is 74.1 Å². The van der Waals surface area contributed by atoms with Crippen molar-refractivity contribution in [3.63, 3.8) is 0 Å². The molecular formula is C24H26N6O2. The van der Waals surface area contributed by atoms with E-state index in [0.29, 0.717) is 36.1 Å². The molecule has 4 heterocycles. The minimum atomic E-state index is -0.207. The molecule has 0 atom stereocenters. The van der Waals surface area contributed by atoms with Gasteiger partial charge in [0.05, 0.1) is 0 Å². The number of nitrogens with zero attached hydrogens (tertiary/aromatic N) is 4. The fraction of sp³-hybridized carbons (Fsp3) is 0.292. The van der Waals surface area contributed by atoms with Gasteiger partial charge in [-0.05, 0) is 37.1 Å². The van der Waals surface area contributed by atoms with Crippen LogP contribution in [0.3, 0.4) is 0 Å². The summed E-state index contributed by atoms with van der Waals surface area (Å²) < 4.78 is 0. The van der Waals surface area contributed by atoms with E-state index in [-0.39, 0.29) is 11.8 Å². The zero-order chi connectivity index (χ0) is 22.5. The van der Waals surface area contributed by atoms with E-state index >= 15 is 0 Å². The van der Waals surface area contributed by atoms with Gasteiger partial charge in [0.1, 0.15) is 11.5 Å². The molecule has 3 aromatic heterocycles. The van der Waals surface area contributed by atoms with Crippen molar-refractivity contribution in [2.75, 3.05) is 32.5 Å². The number of aromatic nitrogens is 3. The molecule has 0 aliphatic carbocycles. The molecule has 0 radical (unpaired) electrons. The van der Waals surface area contributed by atoms with Crippen LogP contribution in [-0.2, 0) is 0 Å². The maximum absolute atomic E-state index is 12.8. The normalized spacial score (nSPS) is 14.1. The zero-order valence-electron chi connectivity index (χ0n) is 18.2. The van der Waals surface area contributed by atoms with Crippen molar-refractivity contribution in [1.82, 2.24) is 25.2 Å². The molecule has 8 heteroatoms. The Balaban J connectivity index is 1.37. The summed E-state index contributed by atoms with van der Waals surface area (Å²) in [4.78, 5) is 39.4. The fourth-order valence-corrected chi connectivity index (χ4v) is 3.91. The lowest BCUT2D eigenvalue weighted by molar-refractivity contribution is 0.0712. The predicted molar refractivity (Wildman–Crippen MR) is 123 cm³/mol. The first kappa shape index (κ1) is 21.4. The van der Waals surface area contributed by atoms with Gasteiger partial charge in [-0.1, -0.05) is 12.1 Å². The maximum Gasteiger partial charge on any atom is 0.269 e. The third-order valence-corrected chi connectivity index (χ3v) is 5.81. The second-order valence-corrected chi connectivity index (χ2v) is 7.73. The lowest BCUT2D eigenvalue weighted by atomic mass is 9.92. The minimum absolute atomic E-state index is 0.0401. The van der Waals surface area contributed by atoms with E-state index in [1.54, 1.807) is 44.7 Å². The van der Waals surface area contributed by atoms with Crippen LogP contribution in [0.2, 0.25) is 0 Å². The number of rotatable bonds is 5. The zero-order valence-corrected chi connectivity index (χ0v) is 18.2. The topological polar surface area (TPSA) is 100 Å². The largest absolute Gasteiger partial charge is 0.373 e. The van der Waals surface area contributed by atoms with Gasteiger partial charge in [-0.2, -0.15) is 0 Å². The van der Waals surface area contributed by atoms with Crippen LogP contribution in [-0.4, -0.2) is 58.9 Å². The van der Waals surface area contributed by atoms with Gasteiger partial charge in [0.25, 0.3) is 11.8 Å². The molecule has 0 aromatic carbocycles. The van der Waals surface area contributed by atoms with Crippen LogP contribution < -0.4 is 10.6 Å². The monoisotopic (exact) mass is 430 g/mol. The van der Waals surface area contributed by atoms with Crippen molar-refractivity contribution < 1.29 is 9.59 Å². The number of piperidine rings is 1. The van der Waals surface area contributed by atoms with E-state index < -0.39 is 0 Å². The molecule has 32 heavy (non-hydrogen) atoms. The molecule has 0 bridgehead atoms. The third-order valence-electron chi connectivity index (χ3n) is 5.81. The van der Waals surface area contributed by atoms with Crippen LogP contribution in [0.1, 0.15) is 45.3 Å². The lowest BCUT2D eigenvalue weighted by Crippen LogP contribution is -2.38. The van der Waals surface area contributed by atoms with Crippen LogP contribution >= 0.6 is 0 Å². The Morgan fingerprint density at radius 2 is 1.66 bits per heavy atom. The smallest absolute Gasteiger partial charge is 0.269 e. The highest BCUT2D eigenvalue weighted by atomic mass is 16.2. The first-order valence-electron chi connectivity index (χ1n) is 10.7. The summed E-state index contributed by atoms with van der Waals surface area (Å²) in [5.41, 5.74) is 3.94. The van der Waals surface area contributed by atoms with Crippen molar-refractivity contribution >= 4 is 17.6 Å². The average molecular weight is 431 g/mol. The van der Waals surface area contributed by atoms with E-state index in [2.05, 4.69) is 25.6 Å². The van der Waals surface area contributed by atoms with Crippen LogP contribution in [0.4, 0.5) is 5.82 Å². The number of anilines is 1. The number of likely N-dealkylation sites (tertiary alicyclic amines) is 1. The highest BCUT2D eigenvalue weighted by Gasteiger charge is 2.25. The van der Waals surface area contributed by atoms with E-state index in [1.807, 2.05) is 29.3 Å². The van der Waals surface area contributed by atoms with Gasteiger partial charge in [0.2, 0.25) is 0 Å². The van der Waals surface area contributed by atoms with E-state index in [9.17, 15) is 9.59 Å². The molecule has 0 spiro atoms. The van der Waals surface area contributed by atoms with Crippen molar-refractivity contribution in [2.24, 2.45) is 0 Å². The van der Waals surface area contributed by atoms with Crippen molar-refractivity contribution in [2.45, 2.75) is 18.8 Å². The van der Waals surface area contributed by atoms with Crippen LogP contribution in [0, 0.1) is 0 Å². The van der Waals surface area contributed by atoms with Crippen molar-refractivity contribution in [3.05, 3.63) is 71.9 Å². The standard InChI is InChI=1S/C24H26N6O2/c1-25-22-13-17(7-10-27-22)24(32)30-11-8-16(9-12-30)20-5-3-18(14-28-20)19-4-6-21(29-15-19)23(31)26-2/h3-7,10,13-16H,8-9,11-12H2,1-2H3,(H,25,27)(H,26,31). The molecule has 1 fully saturated rings. The molecule has 0 unspecified atom stereocenters. The number of amides is 2. The highest BCUT2D eigenvalue weighted by Crippen LogP contribution is 2.29. The SMILES string of the molecule is CNC(=O)c1ccc(-c2ccc(C3CCN(C(=O)c4ccnc(NC)c4)CC3)nc2)cn1. The Labute approximate surface area is 187 Å². The average Bonchev–Trinajstić information content (AvgIpc) is 2.88. The number of hydrogen-bond acceptors (Lipinski definition) is 6. The number of pyridine rings is 3. The van der Waals surface area contributed by atoms with Crippen molar-refractivity contribution in [3.8, 4) is 11.1 Å². The van der Waals surface area contributed by atoms with E-state index in [0.717, 1.165) is 29.7 Å². The molecule has 0 saturated carbocycles. The molecule has 1 aliphatic heterocycles. The molecular weight excluding hydrogens is 404 g/mol. The molecule has 3 aromatic rings. The van der Waals surface area contributed by atoms with Gasteiger partial charge in [-0.15, -0.1) is 0 Å². The summed E-state index contributed by atoms with van der Waals surface area (Å²) in [6.45, 7) is 1.41. The summed E-state index contributed by atoms with van der Waals surface area (Å²) >= 11 is 0. The molecule has 2 amide bonds. The lowest BCUT2D eigenvalue weighted by Gasteiger charge is -2.32. The summed E-state index contributed by atoms with van der Waals surface area (Å²) in [5, 5.41) is 5.53. The number of hydrogen-bond donors (Lipinski definition) is 2. The van der Waals surface area contributed by atoms with E-state index in [4.69, 9.17) is 0 Å². The summed E-state index contributed by atoms with van der Waals surface area (Å²) in [5.74, 6) is 0.847. The quantitative estimate of drug-likeness (QED) is 0.646. The van der Waals surface area contributed by atoms with Crippen LogP contribution in [0.5, 0.6) is 0 Å². The van der Waals surface area contributed by atoms with Gasteiger partial charge in [0.15, 0.2) is 0 Å². The number of nitrogens with one attached hydrogen (secondary N) is 2. The first-order valence-corrected chi connectivity index (χ1v) is 10.7. The van der Waals surface area contributed by atoms with Gasteiger partial charge in [-0.25, -0.2) is 4.98 Å². The summed E-state index contributed by atoms with van der Waals surface area (Å²) in [6.07, 6.45) is 6.94. The Morgan fingerprint density at radius 1 is 0.938 bits per heavy atom. The minimum Gasteiger partial charge on any atom is -0.373 e. The molecule has 1 saturated heterocycles. The van der Waals surface area contributed by atoms with Crippen LogP contribution in [0.15, 0.2) is 55.0 Å². The van der Waals surface area contributed by atoms with Gasteiger partial charge >= 0.3 is 0 Å². The molecule has 2 N–H and O–H groups in total. The molecule has 164 valence electrons. The van der Waals surface area contributed by atoms with E-state index in [1.165, 1.54) is 0 Å². The fourth-order valence-electron chi connectivity index (χ4n) is 3.91. The Bertz CT molecular complexity index is 1090. The van der Waals surface area contributed by atoms with Crippen LogP contribution in [0.25, 0.3) is 11.1 Å². The molecule has 1 aliphatic rings. The Hall–Kier alpha value is -3.81. The predicted octanol–water partition coefficient (Wildman–Crippen LogP) is 2.96. The highest BCUT2D eigenvalue weighted by molar-refractivity contribution is 5.95. The molecule has 8 nitrogen and oxygen atoms in total. The van der Waals surface area contributed by atoms with Crippen molar-refractivity contribution in [1.29, 1.82) is 0 Å². The third kappa shape index (κ3) is 4.59. The number of carbonyl (C=O) groups is 2. The summed E-state index contributed by atoms with van der Waals surface area (Å²) in [6, 6.07) is 11.2. The Morgan fingerprint density at radius 3 is 2.25 bits per heavy atom. The molecule has 4 rings (SSSR count). The van der Waals surface area contributed by atoms with Gasteiger partial charge < -0.3 is 15.5 Å². The van der Waals surface area contributed by atoms with Gasteiger partial charge in [-0.3, -0.25) is 19.6 Å². The second-order valence-electron chi connectivity index (χ2n) is 7.73. The number of carbonyl (C=O) groups excluding carboxylic acids is 2.